The lowest BCUT2D eigenvalue weighted by Gasteiger charge is -2.38. The molecule has 0 saturated carbocycles. The standard InChI is InChI=1S/C29H26ClF4N5O4/c1-3-43-28(42)22-25(14-4-7-20-15(10-14)13-39(38-20)9-8-21(40)41)36-27(26-19(33)11-16(31)12-35-26)37-29(22,2)17-5-6-18(32)24(34)23(17)30/h5-6,11-14H,3-4,7-10H2,1-2H3,(H,36,37)(H,40,41)/t14?,29-/m0/s1. The van der Waals surface area contributed by atoms with E-state index in [0.717, 1.165) is 23.5 Å². The van der Waals surface area contributed by atoms with Gasteiger partial charge in [-0.05, 0) is 44.7 Å². The quantitative estimate of drug-likeness (QED) is 0.210. The summed E-state index contributed by atoms with van der Waals surface area (Å²) in [5.74, 6) is -6.96. The highest BCUT2D eigenvalue weighted by atomic mass is 35.5. The first-order valence-electron chi connectivity index (χ1n) is 13.4. The van der Waals surface area contributed by atoms with E-state index in [1.165, 1.54) is 13.0 Å². The molecule has 3 heterocycles. The molecule has 1 aliphatic heterocycles. The van der Waals surface area contributed by atoms with Crippen LogP contribution in [0.3, 0.4) is 0 Å². The highest BCUT2D eigenvalue weighted by Crippen LogP contribution is 2.45. The molecule has 2 aliphatic rings. The molecule has 9 nitrogen and oxygen atoms in total. The topological polar surface area (TPSA) is 119 Å². The van der Waals surface area contributed by atoms with Crippen LogP contribution >= 0.6 is 11.6 Å². The number of pyridine rings is 1. The smallest absolute Gasteiger partial charge is 0.338 e. The maximum Gasteiger partial charge on any atom is 0.338 e. The van der Waals surface area contributed by atoms with Gasteiger partial charge in [0, 0.05) is 29.4 Å². The Hall–Kier alpha value is -4.26. The largest absolute Gasteiger partial charge is 0.481 e. The second kappa shape index (κ2) is 11.8. The summed E-state index contributed by atoms with van der Waals surface area (Å²) >= 11 is 6.30. The van der Waals surface area contributed by atoms with Gasteiger partial charge in [-0.15, -0.1) is 0 Å². The van der Waals surface area contributed by atoms with Crippen LogP contribution in [0.5, 0.6) is 0 Å². The number of hydrogen-bond donors (Lipinski definition) is 2. The zero-order chi connectivity index (χ0) is 31.1. The van der Waals surface area contributed by atoms with Crippen molar-refractivity contribution in [2.75, 3.05) is 6.61 Å². The second-order valence-electron chi connectivity index (χ2n) is 10.3. The van der Waals surface area contributed by atoms with Crippen molar-refractivity contribution in [3.63, 3.8) is 0 Å². The molecule has 0 radical (unpaired) electrons. The van der Waals surface area contributed by atoms with Crippen LogP contribution in [-0.2, 0) is 39.3 Å². The number of nitrogens with one attached hydrogen (secondary N) is 1. The van der Waals surface area contributed by atoms with Crippen molar-refractivity contribution < 1.29 is 37.0 Å². The van der Waals surface area contributed by atoms with E-state index in [1.54, 1.807) is 17.8 Å². The van der Waals surface area contributed by atoms with Gasteiger partial charge in [-0.2, -0.15) is 5.10 Å². The fourth-order valence-electron chi connectivity index (χ4n) is 5.51. The average Bonchev–Trinajstić information content (AvgIpc) is 3.36. The number of amidine groups is 1. The van der Waals surface area contributed by atoms with Gasteiger partial charge < -0.3 is 15.2 Å². The molecule has 0 fully saturated rings. The number of halogens is 5. The van der Waals surface area contributed by atoms with E-state index in [-0.39, 0.29) is 47.9 Å². The molecule has 43 heavy (non-hydrogen) atoms. The number of rotatable bonds is 8. The summed E-state index contributed by atoms with van der Waals surface area (Å²) in [4.78, 5) is 33.1. The molecule has 0 bridgehead atoms. The van der Waals surface area contributed by atoms with Crippen LogP contribution in [0, 0.1) is 29.2 Å². The number of aliphatic imine (C=N–C) groups is 1. The number of benzene rings is 1. The molecule has 226 valence electrons. The highest BCUT2D eigenvalue weighted by Gasteiger charge is 2.46. The molecule has 1 aromatic carbocycles. The molecule has 0 spiro atoms. The number of nitrogens with zero attached hydrogens (tertiary/aromatic N) is 4. The number of carboxylic acids is 1. The number of carboxylic acid groups (broad SMARTS) is 1. The van der Waals surface area contributed by atoms with Gasteiger partial charge in [0.2, 0.25) is 0 Å². The van der Waals surface area contributed by atoms with Crippen LogP contribution in [0.15, 0.2) is 46.9 Å². The molecule has 1 aliphatic carbocycles. The maximum atomic E-state index is 15.0. The summed E-state index contributed by atoms with van der Waals surface area (Å²) in [6.45, 7) is 3.19. The minimum absolute atomic E-state index is 0.0207. The number of fused-ring (bicyclic) bond motifs is 1. The van der Waals surface area contributed by atoms with Gasteiger partial charge in [0.15, 0.2) is 23.3 Å². The highest BCUT2D eigenvalue weighted by molar-refractivity contribution is 6.31. The number of esters is 1. The molecular formula is C29H26ClF4N5O4. The van der Waals surface area contributed by atoms with Crippen LogP contribution in [0.4, 0.5) is 17.6 Å². The Morgan fingerprint density at radius 2 is 2.00 bits per heavy atom. The Bertz CT molecular complexity index is 1690. The minimum Gasteiger partial charge on any atom is -0.481 e. The third-order valence-corrected chi connectivity index (χ3v) is 7.87. The molecule has 1 unspecified atom stereocenters. The van der Waals surface area contributed by atoms with E-state index in [1.807, 2.05) is 0 Å². The third-order valence-electron chi connectivity index (χ3n) is 7.50. The first kappa shape index (κ1) is 30.2. The summed E-state index contributed by atoms with van der Waals surface area (Å²) in [7, 11) is 0. The first-order chi connectivity index (χ1) is 20.4. The Labute approximate surface area is 248 Å². The fourth-order valence-corrected chi connectivity index (χ4v) is 5.85. The monoisotopic (exact) mass is 619 g/mol. The predicted octanol–water partition coefficient (Wildman–Crippen LogP) is 4.85. The van der Waals surface area contributed by atoms with Crippen molar-refractivity contribution in [3.8, 4) is 0 Å². The predicted molar refractivity (Wildman–Crippen MR) is 146 cm³/mol. The normalized spacial score (nSPS) is 19.9. The number of hydrogen-bond acceptors (Lipinski definition) is 7. The van der Waals surface area contributed by atoms with Crippen molar-refractivity contribution in [1.29, 1.82) is 0 Å². The van der Waals surface area contributed by atoms with Crippen LogP contribution in [0.25, 0.3) is 0 Å². The van der Waals surface area contributed by atoms with Crippen LogP contribution < -0.4 is 5.32 Å². The first-order valence-corrected chi connectivity index (χ1v) is 13.8. The van der Waals surface area contributed by atoms with E-state index in [9.17, 15) is 22.8 Å². The zero-order valence-electron chi connectivity index (χ0n) is 23.1. The van der Waals surface area contributed by atoms with E-state index in [4.69, 9.17) is 21.4 Å². The fraction of sp³-hybridized carbons (Fsp3) is 0.345. The summed E-state index contributed by atoms with van der Waals surface area (Å²) < 4.78 is 64.7. The van der Waals surface area contributed by atoms with Gasteiger partial charge in [-0.25, -0.2) is 32.3 Å². The van der Waals surface area contributed by atoms with E-state index in [0.29, 0.717) is 25.3 Å². The van der Waals surface area contributed by atoms with Gasteiger partial charge >= 0.3 is 11.9 Å². The van der Waals surface area contributed by atoms with E-state index < -0.39 is 51.7 Å². The maximum absolute atomic E-state index is 15.0. The lowest BCUT2D eigenvalue weighted by atomic mass is 9.76. The summed E-state index contributed by atoms with van der Waals surface area (Å²) in [6.07, 6.45) is 3.66. The summed E-state index contributed by atoms with van der Waals surface area (Å²) in [5.41, 5.74) is -0.508. The lowest BCUT2D eigenvalue weighted by Crippen LogP contribution is -2.45. The number of ether oxygens (including phenoxy) is 1. The molecule has 3 aromatic rings. The average molecular weight is 620 g/mol. The number of allylic oxidation sites excluding steroid dienone is 1. The van der Waals surface area contributed by atoms with Crippen molar-refractivity contribution in [2.24, 2.45) is 10.9 Å². The molecule has 5 rings (SSSR count). The van der Waals surface area contributed by atoms with E-state index in [2.05, 4.69) is 20.4 Å². The van der Waals surface area contributed by atoms with Crippen molar-refractivity contribution >= 4 is 29.4 Å². The number of aromatic nitrogens is 3. The zero-order valence-corrected chi connectivity index (χ0v) is 23.8. The number of carbonyl (C=O) groups is 2. The molecule has 2 atom stereocenters. The molecule has 14 heteroatoms. The molecule has 2 aromatic heterocycles. The Kier molecular flexibility index (Phi) is 8.28. The SMILES string of the molecule is CCOC(=O)C1=C(C2CCc3nn(CCC(=O)O)cc3C2)NC(c2ncc(F)cc2F)=N[C@@]1(C)c1ccc(F)c(F)c1Cl. The van der Waals surface area contributed by atoms with Crippen molar-refractivity contribution in [2.45, 2.75) is 51.6 Å². The number of aliphatic carboxylic acids is 1. The Morgan fingerprint density at radius 1 is 1.23 bits per heavy atom. The van der Waals surface area contributed by atoms with Crippen molar-refractivity contribution in [1.82, 2.24) is 20.1 Å². The van der Waals surface area contributed by atoms with Gasteiger partial charge in [0.05, 0.1) is 42.1 Å². The summed E-state index contributed by atoms with van der Waals surface area (Å²) in [5, 5.41) is 15.9. The number of carbonyl (C=O) groups excluding carboxylic acids is 1. The van der Waals surface area contributed by atoms with Crippen LogP contribution in [0.2, 0.25) is 5.02 Å². The third kappa shape index (κ3) is 5.73. The van der Waals surface area contributed by atoms with Gasteiger partial charge in [0.1, 0.15) is 17.1 Å². The lowest BCUT2D eigenvalue weighted by molar-refractivity contribution is -0.139. The second-order valence-corrected chi connectivity index (χ2v) is 10.7. The Balaban J connectivity index is 1.69. The summed E-state index contributed by atoms with van der Waals surface area (Å²) in [6, 6.07) is 2.65. The minimum atomic E-state index is -1.83. The van der Waals surface area contributed by atoms with Crippen LogP contribution in [-0.4, -0.2) is 44.3 Å². The van der Waals surface area contributed by atoms with Gasteiger partial charge in [0.25, 0.3) is 0 Å². The van der Waals surface area contributed by atoms with Crippen LogP contribution in [0.1, 0.15) is 49.2 Å². The number of aryl methyl sites for hydroxylation is 2. The van der Waals surface area contributed by atoms with Crippen molar-refractivity contribution in [3.05, 3.63) is 92.7 Å². The molecule has 0 amide bonds. The van der Waals surface area contributed by atoms with Gasteiger partial charge in [-0.1, -0.05) is 17.7 Å². The molecular weight excluding hydrogens is 594 g/mol. The molecule has 0 saturated heterocycles. The Morgan fingerprint density at radius 3 is 2.70 bits per heavy atom. The van der Waals surface area contributed by atoms with E-state index >= 15 is 4.39 Å². The molecule has 2 N–H and O–H groups in total. The van der Waals surface area contributed by atoms with Gasteiger partial charge in [-0.3, -0.25) is 9.48 Å².